The molecule has 1 N–H and O–H groups in total. The van der Waals surface area contributed by atoms with Gasteiger partial charge in [0.1, 0.15) is 0 Å². The van der Waals surface area contributed by atoms with Gasteiger partial charge in [0.2, 0.25) is 0 Å². The summed E-state index contributed by atoms with van der Waals surface area (Å²) in [5.74, 6) is -0.492. The number of hydrogen-bond donors (Lipinski definition) is 1. The molecule has 5 nitrogen and oxygen atoms in total. The van der Waals surface area contributed by atoms with Gasteiger partial charge in [0.25, 0.3) is 11.8 Å². The number of nitrogens with zero attached hydrogens (tertiary/aromatic N) is 1. The molecule has 90 valence electrons. The summed E-state index contributed by atoms with van der Waals surface area (Å²) in [7, 11) is 3.12. The normalized spacial score (nSPS) is 14.1. The lowest BCUT2D eigenvalue weighted by atomic mass is 10.1. The predicted octanol–water partition coefficient (Wildman–Crippen LogP) is 0.971. The average molecular weight is 234 g/mol. The summed E-state index contributed by atoms with van der Waals surface area (Å²) in [5, 5.41) is 3.12. The van der Waals surface area contributed by atoms with Crippen LogP contribution in [0.15, 0.2) is 18.2 Å². The molecule has 1 aromatic carbocycles. The number of amides is 2. The minimum Gasteiger partial charge on any atom is -0.383 e. The first kappa shape index (κ1) is 11.6. The Hall–Kier alpha value is -1.88. The maximum Gasteiger partial charge on any atom is 0.261 e. The van der Waals surface area contributed by atoms with Crippen LogP contribution in [-0.4, -0.2) is 44.0 Å². The molecular formula is C12H14N2O3. The SMILES string of the molecule is COCCNc1ccc2c(c1)C(=O)N(C)C2=O. The number of carbonyl (C=O) groups excluding carboxylic acids is 2. The van der Waals surface area contributed by atoms with Crippen LogP contribution < -0.4 is 5.32 Å². The van der Waals surface area contributed by atoms with Gasteiger partial charge in [0.05, 0.1) is 17.7 Å². The van der Waals surface area contributed by atoms with Crippen LogP contribution in [0.3, 0.4) is 0 Å². The molecule has 0 saturated heterocycles. The van der Waals surface area contributed by atoms with E-state index in [0.29, 0.717) is 24.3 Å². The molecule has 0 atom stereocenters. The first-order chi connectivity index (χ1) is 8.15. The van der Waals surface area contributed by atoms with E-state index in [1.165, 1.54) is 7.05 Å². The summed E-state index contributed by atoms with van der Waals surface area (Å²) in [6.07, 6.45) is 0. The van der Waals surface area contributed by atoms with Crippen molar-refractivity contribution in [3.63, 3.8) is 0 Å². The Morgan fingerprint density at radius 2 is 1.94 bits per heavy atom. The largest absolute Gasteiger partial charge is 0.383 e. The second kappa shape index (κ2) is 4.55. The zero-order valence-corrected chi connectivity index (χ0v) is 9.82. The second-order valence-corrected chi connectivity index (χ2v) is 3.85. The summed E-state index contributed by atoms with van der Waals surface area (Å²) >= 11 is 0. The van der Waals surface area contributed by atoms with Crippen molar-refractivity contribution in [3.8, 4) is 0 Å². The van der Waals surface area contributed by atoms with Crippen molar-refractivity contribution >= 4 is 17.5 Å². The average Bonchev–Trinajstić information content (AvgIpc) is 2.55. The Bertz CT molecular complexity index is 471. The van der Waals surface area contributed by atoms with Gasteiger partial charge in [-0.3, -0.25) is 14.5 Å². The molecule has 0 saturated carbocycles. The zero-order valence-electron chi connectivity index (χ0n) is 9.82. The summed E-state index contributed by atoms with van der Waals surface area (Å²) in [5.41, 5.74) is 1.74. The van der Waals surface area contributed by atoms with Gasteiger partial charge in [-0.15, -0.1) is 0 Å². The highest BCUT2D eigenvalue weighted by atomic mass is 16.5. The van der Waals surface area contributed by atoms with Gasteiger partial charge in [0.15, 0.2) is 0 Å². The van der Waals surface area contributed by atoms with Crippen molar-refractivity contribution in [3.05, 3.63) is 29.3 Å². The topological polar surface area (TPSA) is 58.6 Å². The smallest absolute Gasteiger partial charge is 0.261 e. The first-order valence-corrected chi connectivity index (χ1v) is 5.34. The van der Waals surface area contributed by atoms with Crippen LogP contribution in [0.5, 0.6) is 0 Å². The number of imide groups is 1. The van der Waals surface area contributed by atoms with E-state index in [-0.39, 0.29) is 11.8 Å². The predicted molar refractivity (Wildman–Crippen MR) is 63.2 cm³/mol. The van der Waals surface area contributed by atoms with E-state index in [2.05, 4.69) is 5.32 Å². The van der Waals surface area contributed by atoms with Crippen molar-refractivity contribution in [1.29, 1.82) is 0 Å². The van der Waals surface area contributed by atoms with Crippen LogP contribution in [0.1, 0.15) is 20.7 Å². The monoisotopic (exact) mass is 234 g/mol. The highest BCUT2D eigenvalue weighted by molar-refractivity contribution is 6.21. The summed E-state index contributed by atoms with van der Waals surface area (Å²) < 4.78 is 4.92. The first-order valence-electron chi connectivity index (χ1n) is 5.34. The fourth-order valence-corrected chi connectivity index (χ4v) is 1.77. The summed E-state index contributed by atoms with van der Waals surface area (Å²) in [4.78, 5) is 24.5. The number of anilines is 1. The Labute approximate surface area is 99.4 Å². The third-order valence-electron chi connectivity index (χ3n) is 2.72. The Kier molecular flexibility index (Phi) is 3.10. The maximum absolute atomic E-state index is 11.7. The van der Waals surface area contributed by atoms with Crippen LogP contribution in [0, 0.1) is 0 Å². The Morgan fingerprint density at radius 3 is 2.65 bits per heavy atom. The number of carbonyl (C=O) groups is 2. The van der Waals surface area contributed by atoms with Gasteiger partial charge >= 0.3 is 0 Å². The van der Waals surface area contributed by atoms with Crippen molar-refractivity contribution < 1.29 is 14.3 Å². The Morgan fingerprint density at radius 1 is 1.24 bits per heavy atom. The van der Waals surface area contributed by atoms with Gasteiger partial charge in [-0.1, -0.05) is 0 Å². The van der Waals surface area contributed by atoms with Gasteiger partial charge in [-0.25, -0.2) is 0 Å². The second-order valence-electron chi connectivity index (χ2n) is 3.85. The van der Waals surface area contributed by atoms with Crippen LogP contribution in [0.2, 0.25) is 0 Å². The van der Waals surface area contributed by atoms with Gasteiger partial charge in [-0.2, -0.15) is 0 Å². The third-order valence-corrected chi connectivity index (χ3v) is 2.72. The fraction of sp³-hybridized carbons (Fsp3) is 0.333. The van der Waals surface area contributed by atoms with Crippen molar-refractivity contribution in [2.45, 2.75) is 0 Å². The lowest BCUT2D eigenvalue weighted by molar-refractivity contribution is 0.0693. The molecule has 0 spiro atoms. The van der Waals surface area contributed by atoms with E-state index >= 15 is 0 Å². The quantitative estimate of drug-likeness (QED) is 0.623. The van der Waals surface area contributed by atoms with E-state index < -0.39 is 0 Å². The van der Waals surface area contributed by atoms with E-state index in [9.17, 15) is 9.59 Å². The molecule has 0 aromatic heterocycles. The molecule has 0 radical (unpaired) electrons. The molecule has 0 fully saturated rings. The Balaban J connectivity index is 2.21. The lowest BCUT2D eigenvalue weighted by Gasteiger charge is -2.06. The zero-order chi connectivity index (χ0) is 12.4. The van der Waals surface area contributed by atoms with Crippen molar-refractivity contribution in [2.24, 2.45) is 0 Å². The van der Waals surface area contributed by atoms with Gasteiger partial charge in [-0.05, 0) is 18.2 Å². The van der Waals surface area contributed by atoms with E-state index in [0.717, 1.165) is 10.6 Å². The molecular weight excluding hydrogens is 220 g/mol. The lowest BCUT2D eigenvalue weighted by Crippen LogP contribution is -2.24. The molecule has 1 aliphatic rings. The minimum atomic E-state index is -0.250. The molecule has 0 aliphatic carbocycles. The van der Waals surface area contributed by atoms with E-state index in [1.807, 2.05) is 0 Å². The molecule has 0 bridgehead atoms. The third kappa shape index (κ3) is 2.01. The number of benzene rings is 1. The van der Waals surface area contributed by atoms with Crippen LogP contribution in [0.4, 0.5) is 5.69 Å². The number of fused-ring (bicyclic) bond motifs is 1. The summed E-state index contributed by atoms with van der Waals surface area (Å²) in [6, 6.07) is 5.17. The van der Waals surface area contributed by atoms with Gasteiger partial charge < -0.3 is 10.1 Å². The molecule has 1 heterocycles. The molecule has 1 aromatic rings. The van der Waals surface area contributed by atoms with Crippen LogP contribution in [0.25, 0.3) is 0 Å². The minimum absolute atomic E-state index is 0.242. The molecule has 5 heteroatoms. The fourth-order valence-electron chi connectivity index (χ4n) is 1.77. The number of methoxy groups -OCH3 is 1. The van der Waals surface area contributed by atoms with Crippen molar-refractivity contribution in [2.75, 3.05) is 32.6 Å². The number of rotatable bonds is 4. The highest BCUT2D eigenvalue weighted by Gasteiger charge is 2.32. The molecule has 2 amide bonds. The van der Waals surface area contributed by atoms with E-state index in [4.69, 9.17) is 4.74 Å². The highest BCUT2D eigenvalue weighted by Crippen LogP contribution is 2.24. The molecule has 2 rings (SSSR count). The van der Waals surface area contributed by atoms with Crippen LogP contribution in [-0.2, 0) is 4.74 Å². The maximum atomic E-state index is 11.7. The van der Waals surface area contributed by atoms with Crippen LogP contribution >= 0.6 is 0 Å². The summed E-state index contributed by atoms with van der Waals surface area (Å²) in [6.45, 7) is 1.25. The van der Waals surface area contributed by atoms with E-state index in [1.54, 1.807) is 25.3 Å². The molecule has 1 aliphatic heterocycles. The number of nitrogens with one attached hydrogen (secondary N) is 1. The number of hydrogen-bond acceptors (Lipinski definition) is 4. The number of ether oxygens (including phenoxy) is 1. The standard InChI is InChI=1S/C12H14N2O3/c1-14-11(15)9-4-3-8(13-5-6-17-2)7-10(9)12(14)16/h3-4,7,13H,5-6H2,1-2H3. The molecule has 0 unspecified atom stereocenters. The van der Waals surface area contributed by atoms with Gasteiger partial charge in [0, 0.05) is 26.4 Å². The van der Waals surface area contributed by atoms with Crippen molar-refractivity contribution in [1.82, 2.24) is 4.90 Å². The molecule has 17 heavy (non-hydrogen) atoms.